The minimum absolute atomic E-state index is 0.140. The zero-order valence-corrected chi connectivity index (χ0v) is 13.5. The van der Waals surface area contributed by atoms with Gasteiger partial charge in [0.1, 0.15) is 0 Å². The molecule has 0 aliphatic carbocycles. The van der Waals surface area contributed by atoms with Crippen LogP contribution in [0.2, 0.25) is 0 Å². The molecule has 0 aromatic heterocycles. The number of nitrogen functional groups attached to an aromatic ring is 1. The molecule has 0 unspecified atom stereocenters. The van der Waals surface area contributed by atoms with E-state index in [1.807, 2.05) is 48.2 Å². The van der Waals surface area contributed by atoms with Crippen LogP contribution < -0.4 is 5.73 Å². The Morgan fingerprint density at radius 1 is 1.04 bits per heavy atom. The van der Waals surface area contributed by atoms with E-state index in [9.17, 15) is 4.79 Å². The molecule has 4 nitrogen and oxygen atoms in total. The molecule has 0 atom stereocenters. The minimum atomic E-state index is 0.140. The number of piperazine rings is 1. The lowest BCUT2D eigenvalue weighted by atomic mass is 10.1. The number of carbonyl (C=O) groups excluding carboxylic acids is 1. The Bertz CT molecular complexity index is 673. The number of anilines is 1. The highest BCUT2D eigenvalue weighted by Gasteiger charge is 2.22. The molecule has 2 aromatic carbocycles. The largest absolute Gasteiger partial charge is 0.399 e. The maximum absolute atomic E-state index is 12.5. The normalized spacial score (nSPS) is 15.6. The van der Waals surface area contributed by atoms with Crippen LogP contribution >= 0.6 is 0 Å². The summed E-state index contributed by atoms with van der Waals surface area (Å²) in [6, 6.07) is 15.8. The van der Waals surface area contributed by atoms with Crippen molar-refractivity contribution in [3.8, 4) is 0 Å². The van der Waals surface area contributed by atoms with Crippen molar-refractivity contribution >= 4 is 11.6 Å². The maximum Gasteiger partial charge on any atom is 0.253 e. The number of aryl methyl sites for hydroxylation is 1. The molecule has 0 saturated carbocycles. The molecule has 120 valence electrons. The van der Waals surface area contributed by atoms with Crippen LogP contribution in [0.5, 0.6) is 0 Å². The van der Waals surface area contributed by atoms with Crippen molar-refractivity contribution in [3.63, 3.8) is 0 Å². The average Bonchev–Trinajstić information content (AvgIpc) is 2.57. The summed E-state index contributed by atoms with van der Waals surface area (Å²) in [5.74, 6) is 0.140. The predicted molar refractivity (Wildman–Crippen MR) is 93.2 cm³/mol. The third-order valence-corrected chi connectivity index (χ3v) is 4.31. The molecular weight excluding hydrogens is 286 g/mol. The van der Waals surface area contributed by atoms with E-state index < -0.39 is 0 Å². The Morgan fingerprint density at radius 3 is 2.39 bits per heavy atom. The number of nitrogens with zero attached hydrogens (tertiary/aromatic N) is 2. The van der Waals surface area contributed by atoms with E-state index >= 15 is 0 Å². The van der Waals surface area contributed by atoms with Gasteiger partial charge in [0.25, 0.3) is 5.91 Å². The molecule has 1 amide bonds. The Morgan fingerprint density at radius 2 is 1.74 bits per heavy atom. The standard InChI is InChI=1S/C19H23N3O/c1-15-3-2-4-17(13-15)19(23)22-11-9-21(10-12-22)14-16-5-7-18(20)8-6-16/h2-8,13H,9-12,14,20H2,1H3. The molecule has 1 heterocycles. The van der Waals surface area contributed by atoms with Crippen LogP contribution in [-0.2, 0) is 6.54 Å². The molecule has 23 heavy (non-hydrogen) atoms. The van der Waals surface area contributed by atoms with E-state index in [1.165, 1.54) is 5.56 Å². The zero-order chi connectivity index (χ0) is 16.2. The Kier molecular flexibility index (Phi) is 4.63. The molecule has 0 bridgehead atoms. The Hall–Kier alpha value is -2.33. The molecule has 1 fully saturated rings. The molecule has 1 aliphatic rings. The van der Waals surface area contributed by atoms with Gasteiger partial charge in [-0.25, -0.2) is 0 Å². The van der Waals surface area contributed by atoms with Crippen molar-refractivity contribution in [2.75, 3.05) is 31.9 Å². The van der Waals surface area contributed by atoms with Gasteiger partial charge in [-0.3, -0.25) is 9.69 Å². The third-order valence-electron chi connectivity index (χ3n) is 4.31. The molecule has 0 radical (unpaired) electrons. The number of benzene rings is 2. The van der Waals surface area contributed by atoms with E-state index in [-0.39, 0.29) is 5.91 Å². The molecule has 0 spiro atoms. The molecule has 2 N–H and O–H groups in total. The van der Waals surface area contributed by atoms with Crippen LogP contribution in [-0.4, -0.2) is 41.9 Å². The summed E-state index contributed by atoms with van der Waals surface area (Å²) in [4.78, 5) is 16.9. The van der Waals surface area contributed by atoms with Gasteiger partial charge in [-0.2, -0.15) is 0 Å². The summed E-state index contributed by atoms with van der Waals surface area (Å²) in [6.07, 6.45) is 0. The molecule has 2 aromatic rings. The van der Waals surface area contributed by atoms with E-state index in [4.69, 9.17) is 5.73 Å². The number of rotatable bonds is 3. The Labute approximate surface area is 137 Å². The van der Waals surface area contributed by atoms with Crippen molar-refractivity contribution < 1.29 is 4.79 Å². The van der Waals surface area contributed by atoms with Gasteiger partial charge in [-0.05, 0) is 36.8 Å². The third kappa shape index (κ3) is 3.90. The molecule has 1 saturated heterocycles. The van der Waals surface area contributed by atoms with Gasteiger partial charge >= 0.3 is 0 Å². The Balaban J connectivity index is 1.55. The first kappa shape index (κ1) is 15.6. The second-order valence-electron chi connectivity index (χ2n) is 6.18. The van der Waals surface area contributed by atoms with Crippen LogP contribution in [0.15, 0.2) is 48.5 Å². The summed E-state index contributed by atoms with van der Waals surface area (Å²) in [7, 11) is 0. The van der Waals surface area contributed by atoms with Crippen molar-refractivity contribution in [2.24, 2.45) is 0 Å². The minimum Gasteiger partial charge on any atom is -0.399 e. The molecule has 3 rings (SSSR count). The first-order valence-electron chi connectivity index (χ1n) is 8.04. The lowest BCUT2D eigenvalue weighted by Gasteiger charge is -2.34. The van der Waals surface area contributed by atoms with Crippen molar-refractivity contribution in [1.29, 1.82) is 0 Å². The molecular formula is C19H23N3O. The van der Waals surface area contributed by atoms with Gasteiger partial charge < -0.3 is 10.6 Å². The first-order valence-corrected chi connectivity index (χ1v) is 8.04. The summed E-state index contributed by atoms with van der Waals surface area (Å²) in [5, 5.41) is 0. The van der Waals surface area contributed by atoms with Gasteiger partial charge in [0.15, 0.2) is 0 Å². The maximum atomic E-state index is 12.5. The molecule has 1 aliphatic heterocycles. The topological polar surface area (TPSA) is 49.6 Å². The summed E-state index contributed by atoms with van der Waals surface area (Å²) in [5.41, 5.74) is 9.69. The lowest BCUT2D eigenvalue weighted by Crippen LogP contribution is -2.48. The SMILES string of the molecule is Cc1cccc(C(=O)N2CCN(Cc3ccc(N)cc3)CC2)c1. The summed E-state index contributed by atoms with van der Waals surface area (Å²) < 4.78 is 0. The van der Waals surface area contributed by atoms with Gasteiger partial charge in [0, 0.05) is 44.0 Å². The highest BCUT2D eigenvalue weighted by molar-refractivity contribution is 5.94. The number of hydrogen-bond donors (Lipinski definition) is 1. The fourth-order valence-corrected chi connectivity index (χ4v) is 2.95. The van der Waals surface area contributed by atoms with Gasteiger partial charge in [-0.1, -0.05) is 29.8 Å². The highest BCUT2D eigenvalue weighted by Crippen LogP contribution is 2.13. The van der Waals surface area contributed by atoms with Crippen molar-refractivity contribution in [1.82, 2.24) is 9.80 Å². The lowest BCUT2D eigenvalue weighted by molar-refractivity contribution is 0.0628. The quantitative estimate of drug-likeness (QED) is 0.887. The zero-order valence-electron chi connectivity index (χ0n) is 13.5. The van der Waals surface area contributed by atoms with Crippen LogP contribution in [0.25, 0.3) is 0 Å². The first-order chi connectivity index (χ1) is 11.1. The number of nitrogens with two attached hydrogens (primary N) is 1. The van der Waals surface area contributed by atoms with Crippen LogP contribution in [0.3, 0.4) is 0 Å². The monoisotopic (exact) mass is 309 g/mol. The van der Waals surface area contributed by atoms with Crippen LogP contribution in [0.1, 0.15) is 21.5 Å². The van der Waals surface area contributed by atoms with Gasteiger partial charge in [0.05, 0.1) is 0 Å². The summed E-state index contributed by atoms with van der Waals surface area (Å²) >= 11 is 0. The van der Waals surface area contributed by atoms with E-state index in [0.717, 1.165) is 49.5 Å². The fourth-order valence-electron chi connectivity index (χ4n) is 2.95. The van der Waals surface area contributed by atoms with E-state index in [2.05, 4.69) is 17.0 Å². The average molecular weight is 309 g/mol. The predicted octanol–water partition coefficient (Wildman–Crippen LogP) is 2.54. The second-order valence-corrected chi connectivity index (χ2v) is 6.18. The van der Waals surface area contributed by atoms with Gasteiger partial charge in [0.2, 0.25) is 0 Å². The van der Waals surface area contributed by atoms with Crippen LogP contribution in [0, 0.1) is 6.92 Å². The van der Waals surface area contributed by atoms with E-state index in [0.29, 0.717) is 0 Å². The van der Waals surface area contributed by atoms with Crippen molar-refractivity contribution in [3.05, 3.63) is 65.2 Å². The summed E-state index contributed by atoms with van der Waals surface area (Å²) in [6.45, 7) is 6.29. The van der Waals surface area contributed by atoms with Gasteiger partial charge in [-0.15, -0.1) is 0 Å². The second kappa shape index (κ2) is 6.84. The number of hydrogen-bond acceptors (Lipinski definition) is 3. The highest BCUT2D eigenvalue weighted by atomic mass is 16.2. The van der Waals surface area contributed by atoms with Crippen molar-refractivity contribution in [2.45, 2.75) is 13.5 Å². The smallest absolute Gasteiger partial charge is 0.253 e. The number of carbonyl (C=O) groups is 1. The number of amides is 1. The molecule has 4 heteroatoms. The van der Waals surface area contributed by atoms with E-state index in [1.54, 1.807) is 0 Å². The fraction of sp³-hybridized carbons (Fsp3) is 0.316. The van der Waals surface area contributed by atoms with Crippen LogP contribution in [0.4, 0.5) is 5.69 Å².